The molecule has 0 radical (unpaired) electrons. The van der Waals surface area contributed by atoms with Crippen LogP contribution in [0.2, 0.25) is 39.3 Å². The van der Waals surface area contributed by atoms with E-state index in [1.54, 1.807) is 0 Å². The molecule has 1 aliphatic rings. The second-order valence-electron chi connectivity index (χ2n) is 13.5. The van der Waals surface area contributed by atoms with Crippen molar-refractivity contribution in [2.24, 2.45) is 4.99 Å². The summed E-state index contributed by atoms with van der Waals surface area (Å²) in [4.78, 5) is 7.55. The standard InChI is InChI=1S/C24H38N3.2C4H11Si.Y/c1-18(2)22-11-10-12-23(19(3)4)24(22)26-21(6)17-20(5)25-13-16-27-14-8-7-9-15-27;2*1-5(2,3)4;/h10-12,17-19H,7-9,13-16H2,1-6H3;2*1H2,2-4H3;/q3*-1;+3/b20-17-,26-21?;;;. The molecule has 3 nitrogen and oxygen atoms in total. The zero-order valence-electron chi connectivity index (χ0n) is 27.2. The minimum atomic E-state index is -0.861. The number of allylic oxidation sites excluding steroid dienone is 2. The van der Waals surface area contributed by atoms with Crippen molar-refractivity contribution in [3.8, 4) is 0 Å². The molecule has 0 aliphatic carbocycles. The third-order valence-electron chi connectivity index (χ3n) is 5.27. The van der Waals surface area contributed by atoms with Gasteiger partial charge in [-0.15, -0.1) is 22.7 Å². The molecule has 1 saturated heterocycles. The average molecular weight is 632 g/mol. The Morgan fingerprint density at radius 2 is 1.32 bits per heavy atom. The van der Waals surface area contributed by atoms with Gasteiger partial charge in [-0.05, 0) is 62.4 Å². The maximum Gasteiger partial charge on any atom is 3.00 e. The van der Waals surface area contributed by atoms with Gasteiger partial charge < -0.3 is 23.3 Å². The molecule has 0 saturated carbocycles. The first-order valence-electron chi connectivity index (χ1n) is 14.4. The van der Waals surface area contributed by atoms with E-state index in [0.717, 1.165) is 30.2 Å². The number of hydrogen-bond acceptors (Lipinski definition) is 2. The number of aliphatic imine (C=N–C) groups is 1. The Bertz CT molecular complexity index is 778. The Kier molecular flexibility index (Phi) is 21.0. The zero-order valence-corrected chi connectivity index (χ0v) is 32.1. The van der Waals surface area contributed by atoms with E-state index >= 15 is 0 Å². The maximum atomic E-state index is 5.01. The Morgan fingerprint density at radius 1 is 0.895 bits per heavy atom. The SMILES string of the molecule is CC(/C=C(/C)[N-]CCN1CCCCC1)=Nc1c(C(C)C)cccc1C(C)C.[CH2-][Si](C)(C)C.[CH2-][Si](C)(C)C.[Y+3]. The summed E-state index contributed by atoms with van der Waals surface area (Å²) in [7, 11) is -1.72. The van der Waals surface area contributed by atoms with Gasteiger partial charge in [0.1, 0.15) is 0 Å². The van der Waals surface area contributed by atoms with Gasteiger partial charge in [0.25, 0.3) is 0 Å². The van der Waals surface area contributed by atoms with Crippen LogP contribution in [0, 0.1) is 13.1 Å². The third kappa shape index (κ3) is 22.7. The molecular formula is C32H60N3Si2Y. The first-order chi connectivity index (χ1) is 16.9. The number of para-hydroxylation sites is 1. The van der Waals surface area contributed by atoms with Crippen molar-refractivity contribution in [2.75, 3.05) is 26.2 Å². The van der Waals surface area contributed by atoms with Crippen molar-refractivity contribution in [3.63, 3.8) is 0 Å². The molecule has 1 aliphatic heterocycles. The van der Waals surface area contributed by atoms with Crippen LogP contribution in [0.15, 0.2) is 35.0 Å². The van der Waals surface area contributed by atoms with Gasteiger partial charge in [-0.25, -0.2) is 0 Å². The van der Waals surface area contributed by atoms with Gasteiger partial charge in [0.15, 0.2) is 0 Å². The predicted molar refractivity (Wildman–Crippen MR) is 177 cm³/mol. The van der Waals surface area contributed by atoms with Gasteiger partial charge >= 0.3 is 32.7 Å². The Balaban J connectivity index is 0. The molecule has 6 heteroatoms. The van der Waals surface area contributed by atoms with Crippen molar-refractivity contribution in [1.82, 2.24) is 4.90 Å². The van der Waals surface area contributed by atoms with Crippen molar-refractivity contribution >= 4 is 27.5 Å². The van der Waals surface area contributed by atoms with Crippen LogP contribution >= 0.6 is 0 Å². The van der Waals surface area contributed by atoms with Gasteiger partial charge in [0.05, 0.1) is 5.69 Å². The van der Waals surface area contributed by atoms with E-state index in [1.807, 2.05) is 0 Å². The molecule has 214 valence electrons. The van der Waals surface area contributed by atoms with Crippen LogP contribution in [-0.2, 0) is 32.7 Å². The predicted octanol–water partition coefficient (Wildman–Crippen LogP) is 10.2. The van der Waals surface area contributed by atoms with Crippen molar-refractivity contribution in [2.45, 2.75) is 112 Å². The van der Waals surface area contributed by atoms with E-state index in [4.69, 9.17) is 10.3 Å². The van der Waals surface area contributed by atoms with Crippen LogP contribution in [0.1, 0.15) is 83.8 Å². The molecule has 0 spiro atoms. The van der Waals surface area contributed by atoms with Crippen LogP contribution in [0.4, 0.5) is 5.69 Å². The molecule has 1 aromatic rings. The molecule has 38 heavy (non-hydrogen) atoms. The van der Waals surface area contributed by atoms with Crippen LogP contribution in [-0.4, -0.2) is 52.9 Å². The molecular weight excluding hydrogens is 571 g/mol. The van der Waals surface area contributed by atoms with Gasteiger partial charge in [0.2, 0.25) is 0 Å². The summed E-state index contributed by atoms with van der Waals surface area (Å²) >= 11 is 0. The van der Waals surface area contributed by atoms with E-state index in [9.17, 15) is 0 Å². The first-order valence-corrected chi connectivity index (χ1v) is 21.8. The summed E-state index contributed by atoms with van der Waals surface area (Å²) in [5, 5.41) is 4.75. The van der Waals surface area contributed by atoms with Crippen molar-refractivity contribution in [3.05, 3.63) is 59.5 Å². The van der Waals surface area contributed by atoms with E-state index in [2.05, 4.69) is 123 Å². The van der Waals surface area contributed by atoms with E-state index in [0.29, 0.717) is 11.8 Å². The van der Waals surface area contributed by atoms with Gasteiger partial charge in [0, 0.05) is 5.71 Å². The molecule has 0 N–H and O–H groups in total. The second-order valence-corrected chi connectivity index (χ2v) is 23.8. The molecule has 1 aromatic carbocycles. The summed E-state index contributed by atoms with van der Waals surface area (Å²) in [5.41, 5.74) is 5.91. The number of nitrogens with zero attached hydrogens (tertiary/aromatic N) is 3. The average Bonchev–Trinajstić information content (AvgIpc) is 2.71. The zero-order chi connectivity index (χ0) is 28.8. The second kappa shape index (κ2) is 19.9. The van der Waals surface area contributed by atoms with Crippen molar-refractivity contribution in [1.29, 1.82) is 0 Å². The van der Waals surface area contributed by atoms with E-state index in [-0.39, 0.29) is 32.7 Å². The molecule has 1 heterocycles. The monoisotopic (exact) mass is 631 g/mol. The molecule has 2 rings (SSSR count). The Hall–Kier alpha value is -0.0723. The summed E-state index contributed by atoms with van der Waals surface area (Å²) in [6, 6.07) is 6.58. The van der Waals surface area contributed by atoms with Gasteiger partial charge in [-0.3, -0.25) is 4.99 Å². The summed E-state index contributed by atoms with van der Waals surface area (Å²) in [5.74, 6) is 0.934. The fourth-order valence-electron chi connectivity index (χ4n) is 3.75. The number of benzene rings is 1. The smallest absolute Gasteiger partial charge is 0.687 e. The molecule has 0 unspecified atom stereocenters. The van der Waals surface area contributed by atoms with E-state index < -0.39 is 16.1 Å². The molecule has 0 amide bonds. The molecule has 1 fully saturated rings. The van der Waals surface area contributed by atoms with Gasteiger partial charge in [-0.2, -0.15) is 5.70 Å². The summed E-state index contributed by atoms with van der Waals surface area (Å²) < 4.78 is 0. The molecule has 0 bridgehead atoms. The molecule has 0 aromatic heterocycles. The minimum absolute atomic E-state index is 0. The fraction of sp³-hybridized carbons (Fsp3) is 0.656. The minimum Gasteiger partial charge on any atom is -0.687 e. The number of rotatable bonds is 8. The quantitative estimate of drug-likeness (QED) is 0.160. The van der Waals surface area contributed by atoms with E-state index in [1.165, 1.54) is 43.5 Å². The third-order valence-corrected chi connectivity index (χ3v) is 5.27. The Morgan fingerprint density at radius 3 is 1.71 bits per heavy atom. The van der Waals surface area contributed by atoms with Crippen LogP contribution in [0.3, 0.4) is 0 Å². The van der Waals surface area contributed by atoms with Gasteiger partial charge in [-0.1, -0.05) is 105 Å². The van der Waals surface area contributed by atoms with Crippen LogP contribution in [0.5, 0.6) is 0 Å². The van der Waals surface area contributed by atoms with Crippen LogP contribution in [0.25, 0.3) is 5.32 Å². The normalized spacial score (nSPS) is 15.3. The van der Waals surface area contributed by atoms with Crippen molar-refractivity contribution < 1.29 is 32.7 Å². The summed E-state index contributed by atoms with van der Waals surface area (Å²) in [6.07, 6.45) is 6.19. The first kappa shape index (κ1) is 40.1. The van der Waals surface area contributed by atoms with Crippen LogP contribution < -0.4 is 0 Å². The Labute approximate surface area is 266 Å². The summed E-state index contributed by atoms with van der Waals surface area (Å²) in [6.45, 7) is 38.7. The number of piperidine rings is 1. The topological polar surface area (TPSA) is 29.7 Å². The maximum absolute atomic E-state index is 5.01. The number of hydrogen-bond donors (Lipinski definition) is 0. The number of likely N-dealkylation sites (tertiary alicyclic amines) is 1. The largest absolute Gasteiger partial charge is 3.00 e. The fourth-order valence-corrected chi connectivity index (χ4v) is 3.75. The molecule has 0 atom stereocenters.